The standard InChI is InChI=1S/C13H14BrClN2O3/c14-10-5-9(6-12(7-10)17(19)20)13(18)16-4-2-1-3-11(16)8-15/h5-7,11H,1-4,8H2. The lowest BCUT2D eigenvalue weighted by molar-refractivity contribution is -0.385. The number of hydrogen-bond acceptors (Lipinski definition) is 3. The largest absolute Gasteiger partial charge is 0.334 e. The number of benzene rings is 1. The second-order valence-corrected chi connectivity index (χ2v) is 5.98. The fourth-order valence-corrected chi connectivity index (χ4v) is 3.20. The van der Waals surface area contributed by atoms with E-state index in [0.29, 0.717) is 22.5 Å². The molecule has 108 valence electrons. The zero-order chi connectivity index (χ0) is 14.7. The summed E-state index contributed by atoms with van der Waals surface area (Å²) in [7, 11) is 0. The van der Waals surface area contributed by atoms with Crippen LogP contribution in [0, 0.1) is 10.1 Å². The first-order chi connectivity index (χ1) is 9.52. The van der Waals surface area contributed by atoms with Gasteiger partial charge < -0.3 is 4.90 Å². The molecule has 1 heterocycles. The maximum atomic E-state index is 12.5. The molecule has 1 aromatic carbocycles. The number of piperidine rings is 1. The van der Waals surface area contributed by atoms with Crippen molar-refractivity contribution < 1.29 is 9.72 Å². The molecule has 0 bridgehead atoms. The van der Waals surface area contributed by atoms with Crippen LogP contribution in [0.5, 0.6) is 0 Å². The summed E-state index contributed by atoms with van der Waals surface area (Å²) in [5.41, 5.74) is 0.227. The molecule has 1 aromatic rings. The van der Waals surface area contributed by atoms with Gasteiger partial charge in [0.1, 0.15) is 0 Å². The quantitative estimate of drug-likeness (QED) is 0.469. The van der Waals surface area contributed by atoms with Gasteiger partial charge in [-0.05, 0) is 25.3 Å². The second kappa shape index (κ2) is 6.54. The maximum absolute atomic E-state index is 12.5. The number of carbonyl (C=O) groups excluding carboxylic acids is 1. The number of amides is 1. The zero-order valence-electron chi connectivity index (χ0n) is 10.7. The summed E-state index contributed by atoms with van der Waals surface area (Å²) in [4.78, 5) is 24.6. The molecule has 1 saturated heterocycles. The van der Waals surface area contributed by atoms with Gasteiger partial charge >= 0.3 is 0 Å². The van der Waals surface area contributed by atoms with Gasteiger partial charge in [-0.3, -0.25) is 14.9 Å². The molecule has 1 aliphatic heterocycles. The smallest absolute Gasteiger partial charge is 0.271 e. The van der Waals surface area contributed by atoms with Crippen LogP contribution < -0.4 is 0 Å². The fraction of sp³-hybridized carbons (Fsp3) is 0.462. The van der Waals surface area contributed by atoms with E-state index >= 15 is 0 Å². The van der Waals surface area contributed by atoms with Gasteiger partial charge in [-0.1, -0.05) is 15.9 Å². The van der Waals surface area contributed by atoms with Crippen molar-refractivity contribution in [1.82, 2.24) is 4.90 Å². The van der Waals surface area contributed by atoms with Crippen molar-refractivity contribution in [2.45, 2.75) is 25.3 Å². The monoisotopic (exact) mass is 360 g/mol. The Morgan fingerprint density at radius 1 is 1.45 bits per heavy atom. The summed E-state index contributed by atoms with van der Waals surface area (Å²) in [6.45, 7) is 0.649. The van der Waals surface area contributed by atoms with Gasteiger partial charge in [0, 0.05) is 40.6 Å². The second-order valence-electron chi connectivity index (χ2n) is 4.76. The minimum Gasteiger partial charge on any atom is -0.334 e. The first-order valence-corrected chi connectivity index (χ1v) is 7.67. The lowest BCUT2D eigenvalue weighted by Crippen LogP contribution is -2.44. The average molecular weight is 362 g/mol. The summed E-state index contributed by atoms with van der Waals surface area (Å²) in [6, 6.07) is 4.31. The zero-order valence-corrected chi connectivity index (χ0v) is 13.1. The van der Waals surface area contributed by atoms with E-state index in [1.54, 1.807) is 11.0 Å². The third-order valence-corrected chi connectivity index (χ3v) is 4.22. The van der Waals surface area contributed by atoms with Gasteiger partial charge in [-0.2, -0.15) is 0 Å². The SMILES string of the molecule is O=C(c1cc(Br)cc([N+](=O)[O-])c1)N1CCCCC1CCl. The number of non-ortho nitro benzene ring substituents is 1. The van der Waals surface area contributed by atoms with Crippen LogP contribution >= 0.6 is 27.5 Å². The van der Waals surface area contributed by atoms with Crippen molar-refractivity contribution in [3.63, 3.8) is 0 Å². The minimum atomic E-state index is -0.503. The van der Waals surface area contributed by atoms with Crippen molar-refractivity contribution in [2.24, 2.45) is 0 Å². The molecule has 0 aromatic heterocycles. The number of alkyl halides is 1. The molecule has 20 heavy (non-hydrogen) atoms. The number of carbonyl (C=O) groups is 1. The van der Waals surface area contributed by atoms with Gasteiger partial charge in [0.2, 0.25) is 0 Å². The number of nitro groups is 1. The highest BCUT2D eigenvalue weighted by Crippen LogP contribution is 2.25. The van der Waals surface area contributed by atoms with Crippen molar-refractivity contribution in [2.75, 3.05) is 12.4 Å². The third kappa shape index (κ3) is 3.30. The molecule has 0 radical (unpaired) electrons. The third-order valence-electron chi connectivity index (χ3n) is 3.41. The van der Waals surface area contributed by atoms with E-state index in [-0.39, 0.29) is 17.6 Å². The highest BCUT2D eigenvalue weighted by Gasteiger charge is 2.27. The molecule has 7 heteroatoms. The molecule has 1 fully saturated rings. The van der Waals surface area contributed by atoms with Gasteiger partial charge in [-0.15, -0.1) is 11.6 Å². The van der Waals surface area contributed by atoms with E-state index in [9.17, 15) is 14.9 Å². The number of rotatable bonds is 3. The van der Waals surface area contributed by atoms with Gasteiger partial charge in [0.25, 0.3) is 11.6 Å². The first-order valence-electron chi connectivity index (χ1n) is 6.35. The van der Waals surface area contributed by atoms with E-state index in [1.165, 1.54) is 12.1 Å². The van der Waals surface area contributed by atoms with Crippen LogP contribution in [0.25, 0.3) is 0 Å². The van der Waals surface area contributed by atoms with Crippen molar-refractivity contribution >= 4 is 39.1 Å². The van der Waals surface area contributed by atoms with Crippen LogP contribution in [0.1, 0.15) is 29.6 Å². The topological polar surface area (TPSA) is 63.4 Å². The Morgan fingerprint density at radius 2 is 2.20 bits per heavy atom. The molecule has 1 atom stereocenters. The van der Waals surface area contributed by atoms with Crippen LogP contribution in [-0.4, -0.2) is 34.2 Å². The van der Waals surface area contributed by atoms with Crippen LogP contribution in [0.3, 0.4) is 0 Å². The number of halogens is 2. The highest BCUT2D eigenvalue weighted by molar-refractivity contribution is 9.10. The molecule has 0 spiro atoms. The summed E-state index contributed by atoms with van der Waals surface area (Å²) in [5, 5.41) is 10.9. The molecule has 0 aliphatic carbocycles. The molecule has 1 aliphatic rings. The number of hydrogen-bond donors (Lipinski definition) is 0. The van der Waals surface area contributed by atoms with E-state index in [4.69, 9.17) is 11.6 Å². The van der Waals surface area contributed by atoms with Crippen LogP contribution in [0.15, 0.2) is 22.7 Å². The Hall–Kier alpha value is -1.14. The average Bonchev–Trinajstić information content (AvgIpc) is 2.45. The van der Waals surface area contributed by atoms with E-state index in [1.807, 2.05) is 0 Å². The van der Waals surface area contributed by atoms with Gasteiger partial charge in [0.15, 0.2) is 0 Å². The minimum absolute atomic E-state index is 0.0101. The normalized spacial score (nSPS) is 18.9. The number of nitro benzene ring substituents is 1. The predicted octanol–water partition coefficient (Wildman–Crippen LogP) is 3.59. The summed E-state index contributed by atoms with van der Waals surface area (Å²) in [5.74, 6) is 0.196. The lowest BCUT2D eigenvalue weighted by atomic mass is 10.0. The Morgan fingerprint density at radius 3 is 2.85 bits per heavy atom. The summed E-state index contributed by atoms with van der Waals surface area (Å²) >= 11 is 9.11. The first kappa shape index (κ1) is 15.3. The highest BCUT2D eigenvalue weighted by atomic mass is 79.9. The molecule has 0 saturated carbocycles. The Kier molecular flexibility index (Phi) is 4.99. The molecule has 1 amide bonds. The van der Waals surface area contributed by atoms with Crippen molar-refractivity contribution in [3.8, 4) is 0 Å². The van der Waals surface area contributed by atoms with Crippen LogP contribution in [0.2, 0.25) is 0 Å². The lowest BCUT2D eigenvalue weighted by Gasteiger charge is -2.34. The predicted molar refractivity (Wildman–Crippen MR) is 80.2 cm³/mol. The Labute approximate surface area is 130 Å². The number of likely N-dealkylation sites (tertiary alicyclic amines) is 1. The molecule has 5 nitrogen and oxygen atoms in total. The maximum Gasteiger partial charge on any atom is 0.271 e. The van der Waals surface area contributed by atoms with Gasteiger partial charge in [-0.25, -0.2) is 0 Å². The summed E-state index contributed by atoms with van der Waals surface area (Å²) in [6.07, 6.45) is 2.88. The molecule has 2 rings (SSSR count). The fourth-order valence-electron chi connectivity index (χ4n) is 2.40. The molecular weight excluding hydrogens is 348 g/mol. The van der Waals surface area contributed by atoms with Crippen LogP contribution in [-0.2, 0) is 0 Å². The van der Waals surface area contributed by atoms with E-state index in [2.05, 4.69) is 15.9 Å². The summed E-state index contributed by atoms with van der Waals surface area (Å²) < 4.78 is 0.523. The van der Waals surface area contributed by atoms with Gasteiger partial charge in [0.05, 0.1) is 4.92 Å². The van der Waals surface area contributed by atoms with E-state index < -0.39 is 4.92 Å². The van der Waals surface area contributed by atoms with E-state index in [0.717, 1.165) is 19.3 Å². The van der Waals surface area contributed by atoms with Crippen LogP contribution in [0.4, 0.5) is 5.69 Å². The Bertz CT molecular complexity index is 538. The van der Waals surface area contributed by atoms with Crippen molar-refractivity contribution in [1.29, 1.82) is 0 Å². The molecule has 1 unspecified atom stereocenters. The molecule has 0 N–H and O–H groups in total. The molecular formula is C13H14BrClN2O3. The van der Waals surface area contributed by atoms with Crippen molar-refractivity contribution in [3.05, 3.63) is 38.3 Å². The Balaban J connectivity index is 2.30. The number of nitrogens with zero attached hydrogens (tertiary/aromatic N) is 2.